The molecule has 1 aromatic carbocycles. The van der Waals surface area contributed by atoms with Crippen LogP contribution in [0.1, 0.15) is 45.2 Å². The normalized spacial score (nSPS) is 17.4. The lowest BCUT2D eigenvalue weighted by Crippen LogP contribution is -2.14. The lowest BCUT2D eigenvalue weighted by atomic mass is 9.94. The third-order valence-corrected chi connectivity index (χ3v) is 4.70. The average molecular weight is 289 g/mol. The highest BCUT2D eigenvalue weighted by Crippen LogP contribution is 2.40. The average Bonchev–Trinajstić information content (AvgIpc) is 2.91. The molecule has 0 saturated heterocycles. The van der Waals surface area contributed by atoms with Gasteiger partial charge < -0.3 is 9.84 Å². The minimum atomic E-state index is -0.883. The lowest BCUT2D eigenvalue weighted by Gasteiger charge is -2.24. The standard InChI is InChI=1S/C15H15NO3S/c1-2-11-13(15(17)18)20-14(16-11)10-7-8-19-12-6-4-3-5-9(10)12/h3-6,10H,2,7-8H2,1H3,(H,17,18). The van der Waals surface area contributed by atoms with Crippen molar-refractivity contribution in [2.75, 3.05) is 6.61 Å². The van der Waals surface area contributed by atoms with Crippen molar-refractivity contribution in [2.24, 2.45) is 0 Å². The fourth-order valence-electron chi connectivity index (χ4n) is 2.52. The van der Waals surface area contributed by atoms with E-state index in [2.05, 4.69) is 4.98 Å². The van der Waals surface area contributed by atoms with Crippen molar-refractivity contribution in [1.82, 2.24) is 4.98 Å². The van der Waals surface area contributed by atoms with Crippen molar-refractivity contribution in [3.63, 3.8) is 0 Å². The third-order valence-electron chi connectivity index (χ3n) is 3.50. The van der Waals surface area contributed by atoms with Crippen molar-refractivity contribution in [3.05, 3.63) is 45.4 Å². The maximum atomic E-state index is 11.3. The number of aromatic carboxylic acids is 1. The lowest BCUT2D eigenvalue weighted by molar-refractivity contribution is 0.0701. The van der Waals surface area contributed by atoms with Crippen LogP contribution in [0, 0.1) is 0 Å². The summed E-state index contributed by atoms with van der Waals surface area (Å²) in [6.07, 6.45) is 1.48. The van der Waals surface area contributed by atoms with Crippen molar-refractivity contribution >= 4 is 17.3 Å². The quantitative estimate of drug-likeness (QED) is 0.941. The monoisotopic (exact) mass is 289 g/mol. The molecule has 2 heterocycles. The molecular weight excluding hydrogens is 274 g/mol. The van der Waals surface area contributed by atoms with Crippen LogP contribution in [0.5, 0.6) is 5.75 Å². The first-order valence-electron chi connectivity index (χ1n) is 6.65. The molecule has 0 saturated carbocycles. The van der Waals surface area contributed by atoms with Crippen LogP contribution < -0.4 is 4.74 Å². The van der Waals surface area contributed by atoms with E-state index < -0.39 is 5.97 Å². The van der Waals surface area contributed by atoms with Crippen LogP contribution in [-0.4, -0.2) is 22.7 Å². The van der Waals surface area contributed by atoms with Gasteiger partial charge in [-0.05, 0) is 18.9 Å². The molecule has 104 valence electrons. The number of carbonyl (C=O) groups is 1. The maximum absolute atomic E-state index is 11.3. The Kier molecular flexibility index (Phi) is 3.44. The van der Waals surface area contributed by atoms with Gasteiger partial charge >= 0.3 is 5.97 Å². The Morgan fingerprint density at radius 2 is 2.30 bits per heavy atom. The smallest absolute Gasteiger partial charge is 0.347 e. The van der Waals surface area contributed by atoms with Crippen LogP contribution >= 0.6 is 11.3 Å². The second kappa shape index (κ2) is 5.25. The summed E-state index contributed by atoms with van der Waals surface area (Å²) in [6.45, 7) is 2.58. The summed E-state index contributed by atoms with van der Waals surface area (Å²) >= 11 is 1.30. The number of nitrogens with zero attached hydrogens (tertiary/aromatic N) is 1. The van der Waals surface area contributed by atoms with E-state index in [1.165, 1.54) is 11.3 Å². The molecule has 1 aliphatic heterocycles. The number of aromatic nitrogens is 1. The SMILES string of the molecule is CCc1nc(C2CCOc3ccccc32)sc1C(=O)O. The van der Waals surface area contributed by atoms with Gasteiger partial charge in [-0.2, -0.15) is 0 Å². The van der Waals surface area contributed by atoms with Crippen molar-refractivity contribution in [2.45, 2.75) is 25.7 Å². The second-order valence-electron chi connectivity index (χ2n) is 4.71. The molecule has 0 spiro atoms. The summed E-state index contributed by atoms with van der Waals surface area (Å²) in [4.78, 5) is 16.2. The fourth-order valence-corrected chi connectivity index (χ4v) is 3.67. The Hall–Kier alpha value is -1.88. The molecule has 0 radical (unpaired) electrons. The molecule has 20 heavy (non-hydrogen) atoms. The van der Waals surface area contributed by atoms with E-state index in [0.29, 0.717) is 23.6 Å². The third kappa shape index (κ3) is 2.18. The van der Waals surface area contributed by atoms with E-state index in [-0.39, 0.29) is 5.92 Å². The molecule has 0 aliphatic carbocycles. The van der Waals surface area contributed by atoms with Gasteiger partial charge in [0.1, 0.15) is 15.6 Å². The van der Waals surface area contributed by atoms with Crippen LogP contribution in [-0.2, 0) is 6.42 Å². The number of hydrogen-bond donors (Lipinski definition) is 1. The van der Waals surface area contributed by atoms with E-state index in [1.807, 2.05) is 31.2 Å². The fraction of sp³-hybridized carbons (Fsp3) is 0.333. The number of aryl methyl sites for hydroxylation is 1. The van der Waals surface area contributed by atoms with Crippen LogP contribution in [0.15, 0.2) is 24.3 Å². The topological polar surface area (TPSA) is 59.4 Å². The van der Waals surface area contributed by atoms with Crippen molar-refractivity contribution in [1.29, 1.82) is 0 Å². The Balaban J connectivity index is 2.04. The van der Waals surface area contributed by atoms with Gasteiger partial charge in [0, 0.05) is 11.5 Å². The Morgan fingerprint density at radius 3 is 3.00 bits per heavy atom. The summed E-state index contributed by atoms with van der Waals surface area (Å²) in [7, 11) is 0. The first-order chi connectivity index (χ1) is 9.70. The number of rotatable bonds is 3. The molecule has 1 atom stereocenters. The number of carboxylic acid groups (broad SMARTS) is 1. The molecule has 1 aliphatic rings. The number of hydrogen-bond acceptors (Lipinski definition) is 4. The number of fused-ring (bicyclic) bond motifs is 1. The molecule has 0 amide bonds. The molecule has 1 unspecified atom stereocenters. The summed E-state index contributed by atoms with van der Waals surface area (Å²) < 4.78 is 5.65. The highest BCUT2D eigenvalue weighted by Gasteiger charge is 2.27. The van der Waals surface area contributed by atoms with Gasteiger partial charge in [-0.1, -0.05) is 25.1 Å². The highest BCUT2D eigenvalue weighted by atomic mass is 32.1. The van der Waals surface area contributed by atoms with Gasteiger partial charge in [0.05, 0.1) is 12.3 Å². The van der Waals surface area contributed by atoms with Crippen LogP contribution in [0.25, 0.3) is 0 Å². The van der Waals surface area contributed by atoms with Gasteiger partial charge in [-0.3, -0.25) is 0 Å². The highest BCUT2D eigenvalue weighted by molar-refractivity contribution is 7.13. The van der Waals surface area contributed by atoms with Crippen LogP contribution in [0.2, 0.25) is 0 Å². The zero-order valence-electron chi connectivity index (χ0n) is 11.1. The Morgan fingerprint density at radius 1 is 1.50 bits per heavy atom. The molecule has 1 N–H and O–H groups in total. The van der Waals surface area contributed by atoms with Crippen molar-refractivity contribution in [3.8, 4) is 5.75 Å². The summed E-state index contributed by atoms with van der Waals surface area (Å²) in [5, 5.41) is 10.1. The zero-order chi connectivity index (χ0) is 14.1. The zero-order valence-corrected chi connectivity index (χ0v) is 11.9. The van der Waals surface area contributed by atoms with Crippen molar-refractivity contribution < 1.29 is 14.6 Å². The second-order valence-corrected chi connectivity index (χ2v) is 5.74. The van der Waals surface area contributed by atoms with Crippen LogP contribution in [0.3, 0.4) is 0 Å². The van der Waals surface area contributed by atoms with E-state index in [9.17, 15) is 9.90 Å². The first kappa shape index (κ1) is 13.1. The first-order valence-corrected chi connectivity index (χ1v) is 7.47. The largest absolute Gasteiger partial charge is 0.493 e. The molecule has 0 fully saturated rings. The molecule has 1 aromatic heterocycles. The van der Waals surface area contributed by atoms with Gasteiger partial charge in [-0.25, -0.2) is 9.78 Å². The minimum Gasteiger partial charge on any atom is -0.493 e. The summed E-state index contributed by atoms with van der Waals surface area (Å²) in [6, 6.07) is 7.91. The Bertz CT molecular complexity index is 650. The predicted molar refractivity (Wildman–Crippen MR) is 76.8 cm³/mol. The van der Waals surface area contributed by atoms with E-state index in [1.54, 1.807) is 0 Å². The molecule has 0 bridgehead atoms. The molecule has 4 nitrogen and oxygen atoms in total. The summed E-state index contributed by atoms with van der Waals surface area (Å²) in [5.41, 5.74) is 1.79. The maximum Gasteiger partial charge on any atom is 0.347 e. The number of thiazole rings is 1. The summed E-state index contributed by atoms with van der Waals surface area (Å²) in [5.74, 6) is 0.142. The van der Waals surface area contributed by atoms with E-state index in [4.69, 9.17) is 4.74 Å². The van der Waals surface area contributed by atoms with Gasteiger partial charge in [0.15, 0.2) is 0 Å². The minimum absolute atomic E-state index is 0.142. The molecule has 5 heteroatoms. The number of para-hydroxylation sites is 1. The van der Waals surface area contributed by atoms with Gasteiger partial charge in [0.2, 0.25) is 0 Å². The molecular formula is C15H15NO3S. The molecule has 3 rings (SSSR count). The predicted octanol–water partition coefficient (Wildman–Crippen LogP) is 3.32. The number of ether oxygens (including phenoxy) is 1. The Labute approximate surface area is 121 Å². The van der Waals surface area contributed by atoms with Crippen LogP contribution in [0.4, 0.5) is 0 Å². The van der Waals surface area contributed by atoms with E-state index in [0.717, 1.165) is 22.7 Å². The molecule has 2 aromatic rings. The van der Waals surface area contributed by atoms with E-state index >= 15 is 0 Å². The number of benzene rings is 1. The van der Waals surface area contributed by atoms with Gasteiger partial charge in [-0.15, -0.1) is 11.3 Å². The number of carboxylic acids is 1. The van der Waals surface area contributed by atoms with Gasteiger partial charge in [0.25, 0.3) is 0 Å².